The highest BCUT2D eigenvalue weighted by atomic mass is 16.5. The molecule has 100 valence electrons. The molecule has 19 heavy (non-hydrogen) atoms. The second kappa shape index (κ2) is 4.89. The van der Waals surface area contributed by atoms with E-state index in [0.717, 1.165) is 31.7 Å². The highest BCUT2D eigenvalue weighted by molar-refractivity contribution is 5.78. The van der Waals surface area contributed by atoms with Gasteiger partial charge in [-0.25, -0.2) is 0 Å². The van der Waals surface area contributed by atoms with Crippen LogP contribution in [0, 0.1) is 0 Å². The van der Waals surface area contributed by atoms with Gasteiger partial charge < -0.3 is 20.0 Å². The molecule has 0 aliphatic carbocycles. The minimum Gasteiger partial charge on any atom is -0.382 e. The monoisotopic (exact) mass is 261 g/mol. The van der Waals surface area contributed by atoms with Crippen molar-refractivity contribution >= 4 is 16.7 Å². The van der Waals surface area contributed by atoms with Gasteiger partial charge in [-0.05, 0) is 31.0 Å². The quantitative estimate of drug-likeness (QED) is 0.698. The van der Waals surface area contributed by atoms with E-state index in [1.165, 1.54) is 0 Å². The van der Waals surface area contributed by atoms with Crippen LogP contribution in [0.3, 0.4) is 0 Å². The smallest absolute Gasteiger partial charge is 0.314 e. The van der Waals surface area contributed by atoms with Gasteiger partial charge in [-0.3, -0.25) is 9.59 Å². The Morgan fingerprint density at radius 2 is 1.74 bits per heavy atom. The van der Waals surface area contributed by atoms with Crippen LogP contribution in [0.4, 0.5) is 5.69 Å². The average Bonchev–Trinajstić information content (AvgIpc) is 2.42. The van der Waals surface area contributed by atoms with Crippen molar-refractivity contribution in [3.05, 3.63) is 38.9 Å². The van der Waals surface area contributed by atoms with Crippen LogP contribution in [0.5, 0.6) is 0 Å². The van der Waals surface area contributed by atoms with Crippen LogP contribution in [-0.4, -0.2) is 29.2 Å². The summed E-state index contributed by atoms with van der Waals surface area (Å²) in [6, 6.07) is 5.91. The number of aromatic nitrogens is 2. The third-order valence-corrected chi connectivity index (χ3v) is 3.31. The molecule has 1 aliphatic rings. The number of fused-ring (bicyclic) bond motifs is 1. The number of hydrogen-bond acceptors (Lipinski definition) is 4. The molecular weight excluding hydrogens is 246 g/mol. The molecule has 3 rings (SSSR count). The zero-order valence-electron chi connectivity index (χ0n) is 10.4. The van der Waals surface area contributed by atoms with Crippen LogP contribution in [0.15, 0.2) is 27.8 Å². The molecule has 1 aromatic carbocycles. The van der Waals surface area contributed by atoms with E-state index in [9.17, 15) is 9.59 Å². The SMILES string of the molecule is O=c1[nH]c2ccc(NC3CCOCC3)cc2[nH]c1=O. The molecule has 1 fully saturated rings. The van der Waals surface area contributed by atoms with Gasteiger partial charge in [0.1, 0.15) is 0 Å². The average molecular weight is 261 g/mol. The van der Waals surface area contributed by atoms with E-state index in [4.69, 9.17) is 4.74 Å². The Bertz CT molecular complexity index is 698. The number of anilines is 1. The van der Waals surface area contributed by atoms with Crippen LogP contribution >= 0.6 is 0 Å². The summed E-state index contributed by atoms with van der Waals surface area (Å²) in [6.07, 6.45) is 1.94. The third kappa shape index (κ3) is 2.53. The molecule has 0 atom stereocenters. The summed E-state index contributed by atoms with van der Waals surface area (Å²) in [4.78, 5) is 27.6. The molecule has 0 radical (unpaired) electrons. The Hall–Kier alpha value is -2.08. The van der Waals surface area contributed by atoms with Crippen molar-refractivity contribution in [3.8, 4) is 0 Å². The Balaban J connectivity index is 1.90. The lowest BCUT2D eigenvalue weighted by molar-refractivity contribution is 0.0904. The highest BCUT2D eigenvalue weighted by Crippen LogP contribution is 2.18. The number of ether oxygens (including phenoxy) is 1. The first-order chi connectivity index (χ1) is 9.22. The number of hydrogen-bond donors (Lipinski definition) is 3. The maximum Gasteiger partial charge on any atom is 0.314 e. The summed E-state index contributed by atoms with van der Waals surface area (Å²) in [5.74, 6) is 0. The standard InChI is InChI=1S/C13H15N3O3/c17-12-13(18)16-11-7-9(1-2-10(11)15-12)14-8-3-5-19-6-4-8/h1-2,7-8,14H,3-6H2,(H,15,17)(H,16,18). The lowest BCUT2D eigenvalue weighted by Gasteiger charge is -2.24. The molecule has 2 aromatic rings. The molecule has 0 amide bonds. The van der Waals surface area contributed by atoms with Gasteiger partial charge in [-0.2, -0.15) is 0 Å². The van der Waals surface area contributed by atoms with E-state index in [0.29, 0.717) is 17.1 Å². The molecule has 0 spiro atoms. The van der Waals surface area contributed by atoms with Gasteiger partial charge in [0.25, 0.3) is 0 Å². The maximum absolute atomic E-state index is 11.3. The summed E-state index contributed by atoms with van der Waals surface area (Å²) < 4.78 is 5.31. The van der Waals surface area contributed by atoms with Crippen LogP contribution in [0.25, 0.3) is 11.0 Å². The van der Waals surface area contributed by atoms with Gasteiger partial charge in [0.2, 0.25) is 0 Å². The number of rotatable bonds is 2. The van der Waals surface area contributed by atoms with Crippen molar-refractivity contribution in [2.75, 3.05) is 18.5 Å². The normalized spacial score (nSPS) is 16.6. The van der Waals surface area contributed by atoms with Crippen molar-refractivity contribution in [2.24, 2.45) is 0 Å². The molecule has 0 bridgehead atoms. The van der Waals surface area contributed by atoms with Gasteiger partial charge in [0.05, 0.1) is 11.0 Å². The molecule has 2 heterocycles. The van der Waals surface area contributed by atoms with Gasteiger partial charge in [-0.15, -0.1) is 0 Å². The van der Waals surface area contributed by atoms with Crippen molar-refractivity contribution in [1.29, 1.82) is 0 Å². The number of H-pyrrole nitrogens is 2. The van der Waals surface area contributed by atoms with E-state index >= 15 is 0 Å². The number of nitrogens with one attached hydrogen (secondary N) is 3. The Labute approximate surface area is 108 Å². The largest absolute Gasteiger partial charge is 0.382 e. The zero-order valence-corrected chi connectivity index (χ0v) is 10.4. The van der Waals surface area contributed by atoms with Crippen LogP contribution < -0.4 is 16.4 Å². The topological polar surface area (TPSA) is 87.0 Å². The highest BCUT2D eigenvalue weighted by Gasteiger charge is 2.13. The number of benzene rings is 1. The summed E-state index contributed by atoms with van der Waals surface area (Å²) >= 11 is 0. The maximum atomic E-state index is 11.3. The molecular formula is C13H15N3O3. The first-order valence-electron chi connectivity index (χ1n) is 6.33. The van der Waals surface area contributed by atoms with Gasteiger partial charge in [0.15, 0.2) is 0 Å². The minimum atomic E-state index is -0.629. The second-order valence-electron chi connectivity index (χ2n) is 4.70. The summed E-state index contributed by atoms with van der Waals surface area (Å²) in [6.45, 7) is 1.55. The molecule has 1 saturated heterocycles. The Morgan fingerprint density at radius 3 is 2.47 bits per heavy atom. The molecule has 0 saturated carbocycles. The van der Waals surface area contributed by atoms with Crippen LogP contribution in [0.2, 0.25) is 0 Å². The van der Waals surface area contributed by atoms with Crippen molar-refractivity contribution < 1.29 is 4.74 Å². The van der Waals surface area contributed by atoms with E-state index in [1.807, 2.05) is 12.1 Å². The molecule has 6 heteroatoms. The summed E-state index contributed by atoms with van der Waals surface area (Å²) in [5.41, 5.74) is 0.930. The first kappa shape index (κ1) is 12.0. The molecule has 0 unspecified atom stereocenters. The van der Waals surface area contributed by atoms with Gasteiger partial charge >= 0.3 is 11.1 Å². The fourth-order valence-electron chi connectivity index (χ4n) is 2.28. The van der Waals surface area contributed by atoms with Crippen molar-refractivity contribution in [1.82, 2.24) is 9.97 Å². The zero-order chi connectivity index (χ0) is 13.2. The number of aromatic amines is 2. The summed E-state index contributed by atoms with van der Waals surface area (Å²) in [7, 11) is 0. The van der Waals surface area contributed by atoms with Crippen molar-refractivity contribution in [2.45, 2.75) is 18.9 Å². The van der Waals surface area contributed by atoms with Gasteiger partial charge in [-0.1, -0.05) is 0 Å². The predicted octanol–water partition coefficient (Wildman–Crippen LogP) is 0.807. The molecule has 1 aromatic heterocycles. The minimum absolute atomic E-state index is 0.390. The van der Waals surface area contributed by atoms with E-state index in [2.05, 4.69) is 15.3 Å². The molecule has 3 N–H and O–H groups in total. The summed E-state index contributed by atoms with van der Waals surface area (Å²) in [5, 5.41) is 3.41. The van der Waals surface area contributed by atoms with Crippen LogP contribution in [0.1, 0.15) is 12.8 Å². The second-order valence-corrected chi connectivity index (χ2v) is 4.70. The Kier molecular flexibility index (Phi) is 3.08. The van der Waals surface area contributed by atoms with E-state index in [1.54, 1.807) is 6.07 Å². The fourth-order valence-corrected chi connectivity index (χ4v) is 2.28. The fraction of sp³-hybridized carbons (Fsp3) is 0.385. The van der Waals surface area contributed by atoms with Gasteiger partial charge in [0, 0.05) is 24.9 Å². The van der Waals surface area contributed by atoms with Crippen molar-refractivity contribution in [3.63, 3.8) is 0 Å². The Morgan fingerprint density at radius 1 is 1.05 bits per heavy atom. The molecule has 1 aliphatic heterocycles. The lowest BCUT2D eigenvalue weighted by Crippen LogP contribution is -2.29. The van der Waals surface area contributed by atoms with Crippen LogP contribution in [-0.2, 0) is 4.74 Å². The first-order valence-corrected chi connectivity index (χ1v) is 6.33. The predicted molar refractivity (Wildman–Crippen MR) is 72.7 cm³/mol. The molecule has 6 nitrogen and oxygen atoms in total. The van der Waals surface area contributed by atoms with E-state index in [-0.39, 0.29) is 0 Å². The lowest BCUT2D eigenvalue weighted by atomic mass is 10.1. The third-order valence-electron chi connectivity index (χ3n) is 3.31. The van der Waals surface area contributed by atoms with E-state index < -0.39 is 11.1 Å².